The molecule has 0 radical (unpaired) electrons. The van der Waals surface area contributed by atoms with E-state index in [2.05, 4.69) is 15.7 Å². The quantitative estimate of drug-likeness (QED) is 0.580. The van der Waals surface area contributed by atoms with Crippen LogP contribution >= 0.6 is 23.6 Å². The number of hydrogen-bond donors (Lipinski definition) is 2. The highest BCUT2D eigenvalue weighted by Gasteiger charge is 2.26. The number of anilines is 2. The molecule has 0 aliphatic rings. The molecule has 27 heavy (non-hydrogen) atoms. The fourth-order valence-corrected chi connectivity index (χ4v) is 4.00. The summed E-state index contributed by atoms with van der Waals surface area (Å²) < 4.78 is 6.72. The Morgan fingerprint density at radius 2 is 2.00 bits per heavy atom. The first kappa shape index (κ1) is 20.8. The first-order valence-corrected chi connectivity index (χ1v) is 9.47. The number of hydrogen-bond acceptors (Lipinski definition) is 6. The van der Waals surface area contributed by atoms with E-state index >= 15 is 0 Å². The maximum Gasteiger partial charge on any atom is 0.341 e. The predicted octanol–water partition coefficient (Wildman–Crippen LogP) is 2.88. The maximum atomic E-state index is 12.4. The van der Waals surface area contributed by atoms with Crippen molar-refractivity contribution in [3.8, 4) is 0 Å². The molecule has 0 atom stereocenters. The molecule has 8 nitrogen and oxygen atoms in total. The second-order valence-corrected chi connectivity index (χ2v) is 7.42. The van der Waals surface area contributed by atoms with E-state index in [1.165, 1.54) is 23.3 Å². The van der Waals surface area contributed by atoms with Gasteiger partial charge in [0.15, 0.2) is 5.11 Å². The summed E-state index contributed by atoms with van der Waals surface area (Å²) in [6, 6.07) is 0. The zero-order chi connectivity index (χ0) is 20.3. The Labute approximate surface area is 167 Å². The summed E-state index contributed by atoms with van der Waals surface area (Å²) >= 11 is 6.54. The summed E-state index contributed by atoms with van der Waals surface area (Å²) in [5.74, 6) is -0.712. The zero-order valence-corrected chi connectivity index (χ0v) is 17.8. The van der Waals surface area contributed by atoms with Crippen molar-refractivity contribution in [3.05, 3.63) is 27.9 Å². The van der Waals surface area contributed by atoms with Crippen molar-refractivity contribution in [2.45, 2.75) is 27.3 Å². The number of thiophene rings is 1. The van der Waals surface area contributed by atoms with Crippen LogP contribution in [0, 0.1) is 13.8 Å². The van der Waals surface area contributed by atoms with Crippen molar-refractivity contribution in [2.75, 3.05) is 31.8 Å². The average Bonchev–Trinajstić information content (AvgIpc) is 3.13. The molecule has 0 aromatic carbocycles. The van der Waals surface area contributed by atoms with Crippen molar-refractivity contribution < 1.29 is 14.3 Å². The van der Waals surface area contributed by atoms with Gasteiger partial charge < -0.3 is 20.3 Å². The van der Waals surface area contributed by atoms with Crippen molar-refractivity contribution in [1.29, 1.82) is 0 Å². The third kappa shape index (κ3) is 4.28. The number of carbonyl (C=O) groups is 2. The van der Waals surface area contributed by atoms with E-state index in [-0.39, 0.29) is 5.91 Å². The molecule has 0 unspecified atom stereocenters. The molecule has 146 valence electrons. The first-order chi connectivity index (χ1) is 12.7. The highest BCUT2D eigenvalue weighted by molar-refractivity contribution is 7.80. The van der Waals surface area contributed by atoms with Crippen LogP contribution in [0.2, 0.25) is 0 Å². The lowest BCUT2D eigenvalue weighted by Gasteiger charge is -2.10. The predicted molar refractivity (Wildman–Crippen MR) is 111 cm³/mol. The lowest BCUT2D eigenvalue weighted by Crippen LogP contribution is -2.21. The summed E-state index contributed by atoms with van der Waals surface area (Å²) in [6.45, 7) is 6.40. The van der Waals surface area contributed by atoms with Gasteiger partial charge in [-0.15, -0.1) is 11.3 Å². The Morgan fingerprint density at radius 3 is 2.52 bits per heavy atom. The fourth-order valence-electron chi connectivity index (χ4n) is 2.50. The number of aryl methyl sites for hydroxylation is 1. The molecule has 2 heterocycles. The van der Waals surface area contributed by atoms with Crippen LogP contribution in [0.15, 0.2) is 6.20 Å². The number of carbonyl (C=O) groups excluding carboxylic acids is 2. The van der Waals surface area contributed by atoms with Crippen LogP contribution in [0.4, 0.5) is 10.7 Å². The molecule has 0 aliphatic heterocycles. The minimum Gasteiger partial charge on any atom is -0.465 e. The number of esters is 1. The second kappa shape index (κ2) is 8.49. The van der Waals surface area contributed by atoms with Crippen molar-refractivity contribution in [3.63, 3.8) is 0 Å². The van der Waals surface area contributed by atoms with Crippen LogP contribution in [0.3, 0.4) is 0 Å². The number of nitrogens with zero attached hydrogens (tertiary/aromatic N) is 3. The SMILES string of the molecule is CCn1ncc(NC(=S)Nc2sc(C(=O)N(C)C)c(C)c2C(=O)OC)c1C. The molecule has 0 aliphatic carbocycles. The average molecular weight is 410 g/mol. The molecular formula is C17H23N5O3S2. The van der Waals surface area contributed by atoms with Crippen LogP contribution in [-0.4, -0.2) is 52.9 Å². The lowest BCUT2D eigenvalue weighted by atomic mass is 10.1. The van der Waals surface area contributed by atoms with Gasteiger partial charge >= 0.3 is 5.97 Å². The summed E-state index contributed by atoms with van der Waals surface area (Å²) in [4.78, 5) is 26.6. The summed E-state index contributed by atoms with van der Waals surface area (Å²) in [6.07, 6.45) is 1.69. The number of thiocarbonyl (C=S) groups is 1. The molecule has 0 saturated heterocycles. The smallest absolute Gasteiger partial charge is 0.341 e. The largest absolute Gasteiger partial charge is 0.465 e. The standard InChI is InChI=1S/C17H23N5O3S2/c1-7-22-10(3)11(8-18-22)19-17(26)20-14-12(16(24)25-6)9(2)13(27-14)15(23)21(4)5/h8H,7H2,1-6H3,(H2,19,20,26). The van der Waals surface area contributed by atoms with Gasteiger partial charge in [0.2, 0.25) is 0 Å². The van der Waals surface area contributed by atoms with Gasteiger partial charge in [0.1, 0.15) is 5.00 Å². The van der Waals surface area contributed by atoms with Crippen molar-refractivity contribution in [2.24, 2.45) is 0 Å². The van der Waals surface area contributed by atoms with Gasteiger partial charge in [-0.25, -0.2) is 4.79 Å². The minimum absolute atomic E-state index is 0.186. The molecule has 1 amide bonds. The number of ether oxygens (including phenoxy) is 1. The van der Waals surface area contributed by atoms with Gasteiger partial charge in [0, 0.05) is 20.6 Å². The topological polar surface area (TPSA) is 88.5 Å². The van der Waals surface area contributed by atoms with E-state index in [1.807, 2.05) is 18.5 Å². The monoisotopic (exact) mass is 409 g/mol. The highest BCUT2D eigenvalue weighted by Crippen LogP contribution is 2.34. The summed E-state index contributed by atoms with van der Waals surface area (Å²) in [5.41, 5.74) is 2.58. The number of amides is 1. The van der Waals surface area contributed by atoms with Gasteiger partial charge in [-0.1, -0.05) is 0 Å². The number of nitrogens with one attached hydrogen (secondary N) is 2. The van der Waals surface area contributed by atoms with E-state index in [0.717, 1.165) is 17.9 Å². The molecule has 0 fully saturated rings. The van der Waals surface area contributed by atoms with Crippen molar-refractivity contribution in [1.82, 2.24) is 14.7 Å². The molecule has 10 heteroatoms. The summed E-state index contributed by atoms with van der Waals surface area (Å²) in [7, 11) is 4.62. The highest BCUT2D eigenvalue weighted by atomic mass is 32.1. The molecule has 2 aromatic heterocycles. The Kier molecular flexibility index (Phi) is 6.55. The lowest BCUT2D eigenvalue weighted by molar-refractivity contribution is 0.0601. The van der Waals surface area contributed by atoms with E-state index < -0.39 is 5.97 Å². The number of rotatable bonds is 5. The Balaban J connectivity index is 2.32. The first-order valence-electron chi connectivity index (χ1n) is 8.24. The molecule has 2 aromatic rings. The summed E-state index contributed by atoms with van der Waals surface area (Å²) in [5, 5.41) is 11.1. The molecule has 0 bridgehead atoms. The van der Waals surface area contributed by atoms with Crippen LogP contribution in [0.1, 0.15) is 38.2 Å². The third-order valence-electron chi connectivity index (χ3n) is 4.01. The number of methoxy groups -OCH3 is 1. The molecule has 0 spiro atoms. The van der Waals surface area contributed by atoms with Crippen LogP contribution in [0.25, 0.3) is 0 Å². The Bertz CT molecular complexity index is 886. The van der Waals surface area contributed by atoms with Gasteiger partial charge in [-0.3, -0.25) is 9.48 Å². The molecule has 2 rings (SSSR count). The third-order valence-corrected chi connectivity index (χ3v) is 5.41. The minimum atomic E-state index is -0.526. The van der Waals surface area contributed by atoms with Crippen LogP contribution in [-0.2, 0) is 11.3 Å². The van der Waals surface area contributed by atoms with E-state index in [9.17, 15) is 9.59 Å². The van der Waals surface area contributed by atoms with E-state index in [1.54, 1.807) is 27.2 Å². The normalized spacial score (nSPS) is 10.4. The van der Waals surface area contributed by atoms with Gasteiger partial charge in [0.05, 0.1) is 35.1 Å². The van der Waals surface area contributed by atoms with E-state index in [0.29, 0.717) is 26.1 Å². The maximum absolute atomic E-state index is 12.4. The molecule has 0 saturated carbocycles. The van der Waals surface area contributed by atoms with E-state index in [4.69, 9.17) is 17.0 Å². The Hall–Kier alpha value is -2.46. The van der Waals surface area contributed by atoms with Gasteiger partial charge in [0.25, 0.3) is 5.91 Å². The van der Waals surface area contributed by atoms with Crippen LogP contribution in [0.5, 0.6) is 0 Å². The zero-order valence-electron chi connectivity index (χ0n) is 16.2. The van der Waals surface area contributed by atoms with Crippen molar-refractivity contribution >= 4 is 51.2 Å². The van der Waals surface area contributed by atoms with Crippen LogP contribution < -0.4 is 10.6 Å². The Morgan fingerprint density at radius 1 is 1.33 bits per heavy atom. The molecule has 2 N–H and O–H groups in total. The number of aromatic nitrogens is 2. The second-order valence-electron chi connectivity index (χ2n) is 5.99. The van der Waals surface area contributed by atoms with Gasteiger partial charge in [-0.05, 0) is 38.6 Å². The molecular weight excluding hydrogens is 386 g/mol. The fraction of sp³-hybridized carbons (Fsp3) is 0.412. The van der Waals surface area contributed by atoms with Gasteiger partial charge in [-0.2, -0.15) is 5.10 Å².